The predicted octanol–water partition coefficient (Wildman–Crippen LogP) is 4.71. The van der Waals surface area contributed by atoms with Gasteiger partial charge < -0.3 is 40.5 Å². The van der Waals surface area contributed by atoms with Crippen LogP contribution in [-0.4, -0.2) is 97.1 Å². The number of alkyl carbamates (subject to hydrolysis) is 1. The molecule has 4 atom stereocenters. The molecule has 0 radical (unpaired) electrons. The number of H-pyrrole nitrogens is 2. The third-order valence-electron chi connectivity index (χ3n) is 9.92. The summed E-state index contributed by atoms with van der Waals surface area (Å²) in [6.07, 6.45) is 6.31. The van der Waals surface area contributed by atoms with Crippen molar-refractivity contribution in [1.29, 1.82) is 0 Å². The Kier molecular flexibility index (Phi) is 11.7. The Balaban J connectivity index is 1.11. The van der Waals surface area contributed by atoms with Gasteiger partial charge in [0.2, 0.25) is 24.0 Å². The summed E-state index contributed by atoms with van der Waals surface area (Å²) in [7, 11) is 1.26. The summed E-state index contributed by atoms with van der Waals surface area (Å²) in [6.45, 7) is 8.63. The highest BCUT2D eigenvalue weighted by molar-refractivity contribution is 7.12. The molecular weight excluding hydrogens is 713 g/mol. The molecule has 5 N–H and O–H groups in total. The first-order chi connectivity index (χ1) is 26.0. The Hall–Kier alpha value is -5.58. The zero-order valence-electron chi connectivity index (χ0n) is 30.9. The molecule has 286 valence electrons. The summed E-state index contributed by atoms with van der Waals surface area (Å²) < 4.78 is 4.72. The molecular formula is C37H46N10O6S. The maximum atomic E-state index is 13.7. The fourth-order valence-corrected chi connectivity index (χ4v) is 7.75. The number of aromatic nitrogens is 5. The van der Waals surface area contributed by atoms with E-state index in [0.717, 1.165) is 30.5 Å². The summed E-state index contributed by atoms with van der Waals surface area (Å²) in [6, 6.07) is 5.64. The van der Waals surface area contributed by atoms with Gasteiger partial charge in [0.05, 0.1) is 30.4 Å². The maximum Gasteiger partial charge on any atom is 0.407 e. The van der Waals surface area contributed by atoms with Crippen LogP contribution >= 0.6 is 11.3 Å². The van der Waals surface area contributed by atoms with Crippen molar-refractivity contribution in [3.8, 4) is 11.3 Å². The number of thiazole rings is 1. The Labute approximate surface area is 316 Å². The molecule has 2 saturated heterocycles. The first-order valence-electron chi connectivity index (χ1n) is 18.1. The van der Waals surface area contributed by atoms with E-state index in [1.807, 2.05) is 58.2 Å². The zero-order chi connectivity index (χ0) is 38.5. The SMILES string of the molecule is COC(=O)N[C@H](C(=O)N1CCC[C@H]1c1nc(C(=O)c2scnc2Nc2ccc(-c3c[nH]c([C@@H]4CCCN4C(=O)[C@@H](NC=O)C(C)C)n3)cc2)c[nH]1)C(C)C. The number of carbonyl (C=O) groups excluding carboxylic acids is 5. The number of anilines is 2. The highest BCUT2D eigenvalue weighted by Crippen LogP contribution is 2.34. The average Bonchev–Trinajstić information content (AvgIpc) is 4.01. The first kappa shape index (κ1) is 38.2. The number of aromatic amines is 2. The smallest absolute Gasteiger partial charge is 0.407 e. The highest BCUT2D eigenvalue weighted by Gasteiger charge is 2.39. The Morgan fingerprint density at radius 2 is 1.50 bits per heavy atom. The minimum Gasteiger partial charge on any atom is -0.453 e. The monoisotopic (exact) mass is 758 g/mol. The third kappa shape index (κ3) is 8.00. The first-order valence-corrected chi connectivity index (χ1v) is 19.0. The molecule has 0 spiro atoms. The second-order valence-electron chi connectivity index (χ2n) is 14.1. The fourth-order valence-electron chi connectivity index (χ4n) is 7.06. The number of ketones is 1. The number of nitrogens with one attached hydrogen (secondary N) is 5. The molecule has 3 aromatic heterocycles. The molecule has 0 aliphatic carbocycles. The van der Waals surface area contributed by atoms with E-state index in [0.29, 0.717) is 54.0 Å². The van der Waals surface area contributed by atoms with Crippen LogP contribution in [0.1, 0.15) is 92.5 Å². The minimum absolute atomic E-state index is 0.0469. The van der Waals surface area contributed by atoms with Crippen molar-refractivity contribution in [1.82, 2.24) is 45.4 Å². The lowest BCUT2D eigenvalue weighted by Gasteiger charge is -2.29. The van der Waals surface area contributed by atoms with Gasteiger partial charge in [0.25, 0.3) is 0 Å². The van der Waals surface area contributed by atoms with Crippen LogP contribution in [0.15, 0.2) is 42.2 Å². The number of benzene rings is 1. The second-order valence-corrected chi connectivity index (χ2v) is 15.0. The van der Waals surface area contributed by atoms with E-state index >= 15 is 0 Å². The van der Waals surface area contributed by atoms with Crippen molar-refractivity contribution in [2.45, 2.75) is 77.5 Å². The number of carbonyl (C=O) groups is 5. The molecule has 2 fully saturated rings. The van der Waals surface area contributed by atoms with Crippen LogP contribution in [0.5, 0.6) is 0 Å². The van der Waals surface area contributed by atoms with Gasteiger partial charge in [-0.15, -0.1) is 11.3 Å². The molecule has 0 saturated carbocycles. The molecule has 2 aliphatic heterocycles. The Morgan fingerprint density at radius 3 is 2.11 bits per heavy atom. The molecule has 5 heterocycles. The summed E-state index contributed by atoms with van der Waals surface area (Å²) >= 11 is 1.20. The molecule has 1 aromatic carbocycles. The van der Waals surface area contributed by atoms with Gasteiger partial charge in [-0.05, 0) is 49.7 Å². The largest absolute Gasteiger partial charge is 0.453 e. The molecule has 4 aromatic rings. The highest BCUT2D eigenvalue weighted by atomic mass is 32.1. The van der Waals surface area contributed by atoms with Gasteiger partial charge in [-0.3, -0.25) is 19.2 Å². The Bertz CT molecular complexity index is 1970. The molecule has 0 bridgehead atoms. The van der Waals surface area contributed by atoms with Gasteiger partial charge >= 0.3 is 6.09 Å². The van der Waals surface area contributed by atoms with Gasteiger partial charge in [0.15, 0.2) is 5.82 Å². The van der Waals surface area contributed by atoms with E-state index in [-0.39, 0.29) is 47.2 Å². The summed E-state index contributed by atoms with van der Waals surface area (Å²) in [4.78, 5) is 87.7. The number of nitrogens with zero attached hydrogens (tertiary/aromatic N) is 5. The van der Waals surface area contributed by atoms with E-state index < -0.39 is 18.2 Å². The van der Waals surface area contributed by atoms with E-state index in [9.17, 15) is 24.0 Å². The predicted molar refractivity (Wildman–Crippen MR) is 201 cm³/mol. The lowest BCUT2D eigenvalue weighted by Crippen LogP contribution is -2.51. The van der Waals surface area contributed by atoms with Crippen LogP contribution in [-0.2, 0) is 19.1 Å². The third-order valence-corrected chi connectivity index (χ3v) is 10.7. The number of methoxy groups -OCH3 is 1. The molecule has 16 nitrogen and oxygen atoms in total. The lowest BCUT2D eigenvalue weighted by molar-refractivity contribution is -0.137. The number of imidazole rings is 2. The topological polar surface area (TPSA) is 207 Å². The van der Waals surface area contributed by atoms with Gasteiger partial charge in [-0.2, -0.15) is 0 Å². The van der Waals surface area contributed by atoms with Crippen LogP contribution in [0.4, 0.5) is 16.3 Å². The van der Waals surface area contributed by atoms with Gasteiger partial charge in [0, 0.05) is 36.7 Å². The molecule has 2 aliphatic rings. The van der Waals surface area contributed by atoms with Crippen LogP contribution < -0.4 is 16.0 Å². The lowest BCUT2D eigenvalue weighted by atomic mass is 10.0. The fraction of sp³-hybridized carbons (Fsp3) is 0.459. The van der Waals surface area contributed by atoms with Crippen molar-refractivity contribution >= 4 is 52.9 Å². The van der Waals surface area contributed by atoms with Gasteiger partial charge in [0.1, 0.15) is 34.3 Å². The quantitative estimate of drug-likeness (QED) is 0.0884. The van der Waals surface area contributed by atoms with Gasteiger partial charge in [-0.25, -0.2) is 19.7 Å². The summed E-state index contributed by atoms with van der Waals surface area (Å²) in [5.74, 6) is 0.726. The number of hydrogen-bond acceptors (Lipinski definition) is 11. The van der Waals surface area contributed by atoms with Crippen LogP contribution in [0.3, 0.4) is 0 Å². The number of hydrogen-bond donors (Lipinski definition) is 5. The van der Waals surface area contributed by atoms with Crippen molar-refractivity contribution < 1.29 is 28.7 Å². The standard InChI is InChI=1S/C37H46N10O6S/c1-20(2)28(40-18-48)35(50)46-14-6-8-26(46)32-38-16-24(43-32)22-10-12-23(13-11-22)42-34-31(54-19-41-34)30(49)25-17-39-33(44-25)27-9-7-15-47(27)36(51)29(21(3)4)45-37(52)53-5/h10-13,16-21,26-29,42H,6-9,14-15H2,1-5H3,(H,38,43)(H,39,44)(H,40,48)(H,45,52)/t26-,27-,28-,29-/m0/s1. The zero-order valence-corrected chi connectivity index (χ0v) is 31.7. The van der Waals surface area contributed by atoms with Crippen molar-refractivity contribution in [2.24, 2.45) is 11.8 Å². The number of ether oxygens (including phenoxy) is 1. The molecule has 54 heavy (non-hydrogen) atoms. The molecule has 17 heteroatoms. The van der Waals surface area contributed by atoms with E-state index in [4.69, 9.17) is 9.72 Å². The number of amides is 4. The molecule has 6 rings (SSSR count). The van der Waals surface area contributed by atoms with E-state index in [1.165, 1.54) is 18.4 Å². The van der Waals surface area contributed by atoms with Crippen LogP contribution in [0.25, 0.3) is 11.3 Å². The Morgan fingerprint density at radius 1 is 0.889 bits per heavy atom. The van der Waals surface area contributed by atoms with E-state index in [1.54, 1.807) is 21.5 Å². The number of likely N-dealkylation sites (tertiary alicyclic amines) is 2. The summed E-state index contributed by atoms with van der Waals surface area (Å²) in [5, 5.41) is 8.56. The molecule has 0 unspecified atom stereocenters. The van der Waals surface area contributed by atoms with Crippen molar-refractivity contribution in [3.05, 3.63) is 64.4 Å². The van der Waals surface area contributed by atoms with Gasteiger partial charge in [-0.1, -0.05) is 39.8 Å². The number of rotatable bonds is 14. The maximum absolute atomic E-state index is 13.7. The second kappa shape index (κ2) is 16.6. The van der Waals surface area contributed by atoms with Crippen molar-refractivity contribution in [2.75, 3.05) is 25.5 Å². The van der Waals surface area contributed by atoms with Crippen LogP contribution in [0.2, 0.25) is 0 Å². The minimum atomic E-state index is -0.762. The van der Waals surface area contributed by atoms with E-state index in [2.05, 4.69) is 35.9 Å². The average molecular weight is 759 g/mol. The van der Waals surface area contributed by atoms with Crippen molar-refractivity contribution in [3.63, 3.8) is 0 Å². The summed E-state index contributed by atoms with van der Waals surface area (Å²) in [5.41, 5.74) is 4.10. The normalized spacial score (nSPS) is 18.1. The van der Waals surface area contributed by atoms with Crippen LogP contribution in [0, 0.1) is 11.8 Å². The molecule has 4 amide bonds.